The minimum absolute atomic E-state index is 0.331. The molecule has 1 aromatic heterocycles. The first kappa shape index (κ1) is 23.9. The molecule has 0 amide bonds. The van der Waals surface area contributed by atoms with E-state index < -0.39 is 5.97 Å². The van der Waals surface area contributed by atoms with E-state index in [2.05, 4.69) is 35.9 Å². The number of benzene rings is 2. The predicted octanol–water partition coefficient (Wildman–Crippen LogP) is 6.27. The van der Waals surface area contributed by atoms with Crippen molar-refractivity contribution in [1.82, 2.24) is 9.88 Å². The Hall–Kier alpha value is -2.79. The van der Waals surface area contributed by atoms with Gasteiger partial charge in [0.2, 0.25) is 0 Å². The fourth-order valence-electron chi connectivity index (χ4n) is 4.51. The van der Waals surface area contributed by atoms with Gasteiger partial charge in [-0.15, -0.1) is 0 Å². The fourth-order valence-corrected chi connectivity index (χ4v) is 4.51. The number of H-pyrrole nitrogens is 1. The van der Waals surface area contributed by atoms with Crippen molar-refractivity contribution >= 4 is 16.9 Å². The number of hydrogen-bond donors (Lipinski definition) is 2. The van der Waals surface area contributed by atoms with Crippen molar-refractivity contribution < 1.29 is 14.6 Å². The molecule has 5 nitrogen and oxygen atoms in total. The second kappa shape index (κ2) is 11.7. The number of hydrogen-bond acceptors (Lipinski definition) is 3. The topological polar surface area (TPSA) is 65.6 Å². The molecule has 2 N–H and O–H groups in total. The summed E-state index contributed by atoms with van der Waals surface area (Å²) in [5.74, 6) is 1.09. The van der Waals surface area contributed by atoms with Crippen molar-refractivity contribution in [3.05, 3.63) is 65.4 Å². The molecule has 32 heavy (non-hydrogen) atoms. The van der Waals surface area contributed by atoms with Crippen molar-refractivity contribution in [1.29, 1.82) is 0 Å². The molecule has 4 rings (SSSR count). The molecule has 1 fully saturated rings. The minimum Gasteiger partial charge on any atom is -0.496 e. The Morgan fingerprint density at radius 3 is 2.50 bits per heavy atom. The lowest BCUT2D eigenvalue weighted by atomic mass is 9.91. The molecule has 2 heterocycles. The van der Waals surface area contributed by atoms with Gasteiger partial charge in [-0.2, -0.15) is 0 Å². The van der Waals surface area contributed by atoms with Gasteiger partial charge in [-0.3, -0.25) is 4.90 Å². The number of aromatic carboxylic acids is 1. The van der Waals surface area contributed by atoms with Crippen molar-refractivity contribution in [3.8, 4) is 5.75 Å². The molecule has 0 spiro atoms. The van der Waals surface area contributed by atoms with E-state index in [9.17, 15) is 4.79 Å². The third kappa shape index (κ3) is 6.13. The van der Waals surface area contributed by atoms with Crippen LogP contribution in [0.2, 0.25) is 0 Å². The van der Waals surface area contributed by atoms with Gasteiger partial charge in [0, 0.05) is 29.2 Å². The van der Waals surface area contributed by atoms with Crippen molar-refractivity contribution in [2.45, 2.75) is 52.5 Å². The van der Waals surface area contributed by atoms with Crippen LogP contribution in [0, 0.1) is 12.8 Å². The summed E-state index contributed by atoms with van der Waals surface area (Å²) in [6.07, 6.45) is 8.87. The summed E-state index contributed by atoms with van der Waals surface area (Å²) in [5.41, 5.74) is 4.17. The molecule has 0 atom stereocenters. The number of carboxylic acids is 1. The summed E-state index contributed by atoms with van der Waals surface area (Å²) in [6, 6.07) is 12.7. The van der Waals surface area contributed by atoms with E-state index in [4.69, 9.17) is 9.84 Å². The molecule has 1 aliphatic heterocycles. The van der Waals surface area contributed by atoms with E-state index in [1.807, 2.05) is 6.20 Å². The maximum atomic E-state index is 10.2. The van der Waals surface area contributed by atoms with Crippen LogP contribution in [0.15, 0.2) is 48.7 Å². The number of carbonyl (C=O) groups is 1. The molecule has 0 aliphatic carbocycles. The van der Waals surface area contributed by atoms with Gasteiger partial charge >= 0.3 is 5.97 Å². The molecular weight excluding hydrogens is 400 g/mol. The molecule has 0 unspecified atom stereocenters. The van der Waals surface area contributed by atoms with Crippen LogP contribution in [-0.4, -0.2) is 41.2 Å². The third-order valence-corrected chi connectivity index (χ3v) is 6.41. The van der Waals surface area contributed by atoms with Crippen LogP contribution in [0.25, 0.3) is 10.9 Å². The highest BCUT2D eigenvalue weighted by Gasteiger charge is 2.21. The number of ether oxygens (including phenoxy) is 1. The number of piperidine rings is 1. The number of rotatable bonds is 7. The molecule has 0 radical (unpaired) electrons. The predicted molar refractivity (Wildman–Crippen MR) is 131 cm³/mol. The molecule has 0 saturated carbocycles. The average molecular weight is 437 g/mol. The zero-order valence-electron chi connectivity index (χ0n) is 19.6. The summed E-state index contributed by atoms with van der Waals surface area (Å²) in [7, 11) is 1.79. The number of likely N-dealkylation sites (tertiary alicyclic amines) is 1. The van der Waals surface area contributed by atoms with Crippen molar-refractivity contribution in [3.63, 3.8) is 0 Å². The van der Waals surface area contributed by atoms with Gasteiger partial charge in [0.05, 0.1) is 12.7 Å². The van der Waals surface area contributed by atoms with Gasteiger partial charge in [0.25, 0.3) is 0 Å². The van der Waals surface area contributed by atoms with E-state index >= 15 is 0 Å². The van der Waals surface area contributed by atoms with Gasteiger partial charge in [-0.05, 0) is 68.6 Å². The van der Waals surface area contributed by atoms with Gasteiger partial charge in [0.1, 0.15) is 5.75 Å². The first-order valence-electron chi connectivity index (χ1n) is 11.7. The van der Waals surface area contributed by atoms with Crippen LogP contribution in [-0.2, 0) is 6.54 Å². The van der Waals surface area contributed by atoms with Crippen LogP contribution >= 0.6 is 0 Å². The van der Waals surface area contributed by atoms with E-state index in [1.54, 1.807) is 37.4 Å². The lowest BCUT2D eigenvalue weighted by Crippen LogP contribution is -2.33. The standard InChI is InChI=1S/C20H30N2O.C7H6O2/c1-4-5-6-16-8-11-22(12-9-16)14-18-17-7-10-21-20(17)15(2)13-19(18)23-3;8-7(9)6-4-2-1-3-5-6/h7,10,13,16,21H,4-6,8-9,11-12,14H2,1-3H3;1-5H,(H,8,9). The van der Waals surface area contributed by atoms with Crippen LogP contribution in [0.1, 0.15) is 60.5 Å². The Balaban J connectivity index is 0.000000269. The number of methoxy groups -OCH3 is 1. The molecule has 172 valence electrons. The normalized spacial score (nSPS) is 14.7. The van der Waals surface area contributed by atoms with Crippen LogP contribution in [0.4, 0.5) is 0 Å². The number of unbranched alkanes of at least 4 members (excludes halogenated alkanes) is 1. The van der Waals surface area contributed by atoms with E-state index in [0.717, 1.165) is 18.2 Å². The number of nitrogens with zero attached hydrogens (tertiary/aromatic N) is 1. The Morgan fingerprint density at radius 2 is 1.91 bits per heavy atom. The van der Waals surface area contributed by atoms with Gasteiger partial charge in [0.15, 0.2) is 0 Å². The quantitative estimate of drug-likeness (QED) is 0.458. The van der Waals surface area contributed by atoms with E-state index in [1.165, 1.54) is 67.2 Å². The maximum Gasteiger partial charge on any atom is 0.335 e. The summed E-state index contributed by atoms with van der Waals surface area (Å²) >= 11 is 0. The number of nitrogens with one attached hydrogen (secondary N) is 1. The molecule has 5 heteroatoms. The second-order valence-electron chi connectivity index (χ2n) is 8.67. The molecule has 3 aromatic rings. The van der Waals surface area contributed by atoms with E-state index in [0.29, 0.717) is 5.56 Å². The second-order valence-corrected chi connectivity index (χ2v) is 8.67. The maximum absolute atomic E-state index is 10.2. The number of fused-ring (bicyclic) bond motifs is 1. The third-order valence-electron chi connectivity index (χ3n) is 6.41. The molecule has 2 aromatic carbocycles. The lowest BCUT2D eigenvalue weighted by molar-refractivity contribution is 0.0697. The summed E-state index contributed by atoms with van der Waals surface area (Å²) < 4.78 is 5.68. The van der Waals surface area contributed by atoms with Gasteiger partial charge in [-0.1, -0.05) is 44.4 Å². The van der Waals surface area contributed by atoms with Crippen LogP contribution in [0.3, 0.4) is 0 Å². The van der Waals surface area contributed by atoms with Crippen molar-refractivity contribution in [2.75, 3.05) is 20.2 Å². The molecular formula is C27H36N2O3. The SMILES string of the molecule is CCCCC1CCN(Cc2c(OC)cc(C)c3[nH]ccc23)CC1.O=C(O)c1ccccc1. The summed E-state index contributed by atoms with van der Waals surface area (Å²) in [6.45, 7) is 7.87. The molecule has 1 saturated heterocycles. The fraction of sp³-hybridized carbons (Fsp3) is 0.444. The largest absolute Gasteiger partial charge is 0.496 e. The Bertz CT molecular complexity index is 989. The van der Waals surface area contributed by atoms with Crippen LogP contribution in [0.5, 0.6) is 5.75 Å². The summed E-state index contributed by atoms with van der Waals surface area (Å²) in [5, 5.41) is 9.70. The first-order chi connectivity index (χ1) is 15.5. The minimum atomic E-state index is -0.879. The zero-order valence-corrected chi connectivity index (χ0v) is 19.6. The van der Waals surface area contributed by atoms with Gasteiger partial charge in [-0.25, -0.2) is 4.79 Å². The zero-order chi connectivity index (χ0) is 22.9. The Labute approximate surface area is 191 Å². The Morgan fingerprint density at radius 1 is 1.19 bits per heavy atom. The number of carboxylic acid groups (broad SMARTS) is 1. The van der Waals surface area contributed by atoms with Gasteiger partial charge < -0.3 is 14.8 Å². The average Bonchev–Trinajstić information content (AvgIpc) is 3.32. The summed E-state index contributed by atoms with van der Waals surface area (Å²) in [4.78, 5) is 16.2. The highest BCUT2D eigenvalue weighted by atomic mass is 16.5. The number of aryl methyl sites for hydroxylation is 1. The molecule has 0 bridgehead atoms. The Kier molecular flexibility index (Phi) is 8.74. The highest BCUT2D eigenvalue weighted by Crippen LogP contribution is 2.33. The van der Waals surface area contributed by atoms with E-state index in [-0.39, 0.29) is 0 Å². The number of aromatic amines is 1. The lowest BCUT2D eigenvalue weighted by Gasteiger charge is -2.32. The molecule has 1 aliphatic rings. The highest BCUT2D eigenvalue weighted by molar-refractivity contribution is 5.88. The van der Waals surface area contributed by atoms with Crippen molar-refractivity contribution in [2.24, 2.45) is 5.92 Å². The number of aromatic nitrogens is 1. The monoisotopic (exact) mass is 436 g/mol. The van der Waals surface area contributed by atoms with Crippen LogP contribution < -0.4 is 4.74 Å². The first-order valence-corrected chi connectivity index (χ1v) is 11.7. The smallest absolute Gasteiger partial charge is 0.335 e.